The van der Waals surface area contributed by atoms with Crippen molar-refractivity contribution in [2.24, 2.45) is 0 Å². The van der Waals surface area contributed by atoms with Crippen LogP contribution in [0, 0.1) is 0 Å². The molecule has 0 saturated heterocycles. The smallest absolute Gasteiger partial charge is 0.231 e. The highest BCUT2D eigenvalue weighted by molar-refractivity contribution is 6.33. The molecule has 1 aliphatic rings. The second kappa shape index (κ2) is 5.67. The number of hydrogen-bond donors (Lipinski definition) is 1. The maximum absolute atomic E-state index is 6.24. The highest BCUT2D eigenvalue weighted by Gasteiger charge is 2.16. The molecule has 0 spiro atoms. The van der Waals surface area contributed by atoms with E-state index in [4.69, 9.17) is 21.1 Å². The number of nitrogens with one attached hydrogen (secondary N) is 1. The molecule has 0 saturated carbocycles. The highest BCUT2D eigenvalue weighted by Crippen LogP contribution is 2.39. The summed E-state index contributed by atoms with van der Waals surface area (Å²) >= 11 is 6.24. The minimum absolute atomic E-state index is 0.258. The summed E-state index contributed by atoms with van der Waals surface area (Å²) in [6, 6.07) is 7.85. The van der Waals surface area contributed by atoms with E-state index in [9.17, 15) is 0 Å². The fourth-order valence-electron chi connectivity index (χ4n) is 2.31. The quantitative estimate of drug-likeness (QED) is 0.908. The highest BCUT2D eigenvalue weighted by atomic mass is 35.5. The van der Waals surface area contributed by atoms with Crippen molar-refractivity contribution in [3.8, 4) is 11.5 Å². The molecule has 1 aromatic heterocycles. The minimum atomic E-state index is 0.258. The number of aromatic nitrogens is 1. The third-order valence-corrected chi connectivity index (χ3v) is 3.62. The van der Waals surface area contributed by atoms with Crippen molar-refractivity contribution in [3.63, 3.8) is 0 Å². The third-order valence-electron chi connectivity index (χ3n) is 3.31. The predicted molar refractivity (Wildman–Crippen MR) is 79.6 cm³/mol. The molecular formula is C15H17ClN2O2. The van der Waals surface area contributed by atoms with Gasteiger partial charge in [0.15, 0.2) is 11.5 Å². The van der Waals surface area contributed by atoms with Gasteiger partial charge in [0.2, 0.25) is 6.79 Å². The molecule has 2 heterocycles. The lowest BCUT2D eigenvalue weighted by molar-refractivity contribution is 0.174. The molecule has 1 aliphatic heterocycles. The second-order valence-electron chi connectivity index (χ2n) is 4.73. The molecule has 1 aromatic carbocycles. The van der Waals surface area contributed by atoms with Crippen LogP contribution in [0.25, 0.3) is 0 Å². The monoisotopic (exact) mass is 292 g/mol. The number of aryl methyl sites for hydroxylation is 1. The average molecular weight is 293 g/mol. The minimum Gasteiger partial charge on any atom is -0.454 e. The maximum Gasteiger partial charge on any atom is 0.231 e. The number of anilines is 1. The normalized spacial score (nSPS) is 12.7. The standard InChI is InChI=1S/C15H17ClN2O2/c1-2-5-18-6-3-4-11(18)9-17-13-8-15-14(7-12(13)16)19-10-20-15/h3-4,6-8,17H,2,5,9-10H2,1H3. The number of ether oxygens (including phenoxy) is 2. The van der Waals surface area contributed by atoms with Crippen LogP contribution >= 0.6 is 11.6 Å². The Morgan fingerprint density at radius 3 is 2.90 bits per heavy atom. The van der Waals surface area contributed by atoms with Crippen molar-refractivity contribution in [2.75, 3.05) is 12.1 Å². The number of nitrogens with zero attached hydrogens (tertiary/aromatic N) is 1. The Morgan fingerprint density at radius 1 is 1.30 bits per heavy atom. The number of hydrogen-bond acceptors (Lipinski definition) is 3. The molecular weight excluding hydrogens is 276 g/mol. The Labute approximate surface area is 123 Å². The molecule has 0 radical (unpaired) electrons. The number of fused-ring (bicyclic) bond motifs is 1. The average Bonchev–Trinajstić information content (AvgIpc) is 3.05. The van der Waals surface area contributed by atoms with Crippen LogP contribution in [0.15, 0.2) is 30.5 Å². The lowest BCUT2D eigenvalue weighted by Gasteiger charge is -2.12. The first kappa shape index (κ1) is 13.2. The van der Waals surface area contributed by atoms with Crippen molar-refractivity contribution < 1.29 is 9.47 Å². The molecule has 2 aromatic rings. The van der Waals surface area contributed by atoms with Gasteiger partial charge in [-0.2, -0.15) is 0 Å². The van der Waals surface area contributed by atoms with E-state index in [2.05, 4.69) is 35.1 Å². The zero-order valence-corrected chi connectivity index (χ0v) is 12.1. The first-order chi connectivity index (χ1) is 9.78. The van der Waals surface area contributed by atoms with Gasteiger partial charge in [0.05, 0.1) is 17.3 Å². The van der Waals surface area contributed by atoms with Crippen LogP contribution in [0.1, 0.15) is 19.0 Å². The zero-order valence-electron chi connectivity index (χ0n) is 11.4. The molecule has 0 atom stereocenters. The van der Waals surface area contributed by atoms with Crippen molar-refractivity contribution in [2.45, 2.75) is 26.4 Å². The lowest BCUT2D eigenvalue weighted by atomic mass is 10.2. The van der Waals surface area contributed by atoms with Crippen molar-refractivity contribution in [1.29, 1.82) is 0 Å². The van der Waals surface area contributed by atoms with E-state index in [0.29, 0.717) is 10.8 Å². The summed E-state index contributed by atoms with van der Waals surface area (Å²) in [5.41, 5.74) is 2.10. The Morgan fingerprint density at radius 2 is 2.10 bits per heavy atom. The predicted octanol–water partition coefficient (Wildman–Crippen LogP) is 3.89. The van der Waals surface area contributed by atoms with E-state index in [1.807, 2.05) is 6.07 Å². The van der Waals surface area contributed by atoms with E-state index in [-0.39, 0.29) is 6.79 Å². The van der Waals surface area contributed by atoms with E-state index >= 15 is 0 Å². The molecule has 1 N–H and O–H groups in total. The van der Waals surface area contributed by atoms with Crippen LogP contribution in [0.2, 0.25) is 5.02 Å². The summed E-state index contributed by atoms with van der Waals surface area (Å²) in [5.74, 6) is 1.44. The Kier molecular flexibility index (Phi) is 3.74. The molecule has 0 bridgehead atoms. The number of rotatable bonds is 5. The molecule has 0 unspecified atom stereocenters. The summed E-state index contributed by atoms with van der Waals surface area (Å²) in [4.78, 5) is 0. The summed E-state index contributed by atoms with van der Waals surface area (Å²) in [6.07, 6.45) is 3.22. The van der Waals surface area contributed by atoms with Gasteiger partial charge in [0.1, 0.15) is 0 Å². The van der Waals surface area contributed by atoms with Gasteiger partial charge >= 0.3 is 0 Å². The summed E-state index contributed by atoms with van der Waals surface area (Å²) in [5, 5.41) is 4.00. The zero-order chi connectivity index (χ0) is 13.9. The molecule has 3 rings (SSSR count). The molecule has 0 fully saturated rings. The summed E-state index contributed by atoms with van der Waals surface area (Å²) in [6.45, 7) is 4.19. The molecule has 20 heavy (non-hydrogen) atoms. The Balaban J connectivity index is 1.73. The van der Waals surface area contributed by atoms with Crippen LogP contribution in [-0.2, 0) is 13.1 Å². The fourth-order valence-corrected chi connectivity index (χ4v) is 2.53. The van der Waals surface area contributed by atoms with E-state index in [1.165, 1.54) is 5.69 Å². The van der Waals surface area contributed by atoms with Crippen LogP contribution in [0.3, 0.4) is 0 Å². The summed E-state index contributed by atoms with van der Waals surface area (Å²) in [7, 11) is 0. The Bertz CT molecular complexity index is 610. The lowest BCUT2D eigenvalue weighted by Crippen LogP contribution is -2.07. The van der Waals surface area contributed by atoms with Gasteiger partial charge in [-0.15, -0.1) is 0 Å². The van der Waals surface area contributed by atoms with Gasteiger partial charge in [0, 0.05) is 30.6 Å². The van der Waals surface area contributed by atoms with Crippen LogP contribution in [0.5, 0.6) is 11.5 Å². The Hall–Kier alpha value is -1.81. The second-order valence-corrected chi connectivity index (χ2v) is 5.14. The van der Waals surface area contributed by atoms with Crippen molar-refractivity contribution in [1.82, 2.24) is 4.57 Å². The first-order valence-corrected chi connectivity index (χ1v) is 7.12. The molecule has 0 amide bonds. The molecule has 4 nitrogen and oxygen atoms in total. The number of benzene rings is 1. The van der Waals surface area contributed by atoms with E-state index < -0.39 is 0 Å². The maximum atomic E-state index is 6.24. The topological polar surface area (TPSA) is 35.4 Å². The van der Waals surface area contributed by atoms with Gasteiger partial charge in [-0.05, 0) is 18.6 Å². The number of halogens is 1. The van der Waals surface area contributed by atoms with E-state index in [1.54, 1.807) is 6.07 Å². The fraction of sp³-hybridized carbons (Fsp3) is 0.333. The molecule has 106 valence electrons. The SMILES string of the molecule is CCCn1cccc1CNc1cc2c(cc1Cl)OCO2. The molecule has 0 aliphatic carbocycles. The van der Waals surface area contributed by atoms with Gasteiger partial charge in [-0.25, -0.2) is 0 Å². The largest absolute Gasteiger partial charge is 0.454 e. The van der Waals surface area contributed by atoms with Crippen LogP contribution < -0.4 is 14.8 Å². The summed E-state index contributed by atoms with van der Waals surface area (Å²) < 4.78 is 12.9. The molecule has 5 heteroatoms. The third kappa shape index (κ3) is 2.56. The van der Waals surface area contributed by atoms with E-state index in [0.717, 1.165) is 30.9 Å². The first-order valence-electron chi connectivity index (χ1n) is 6.75. The van der Waals surface area contributed by atoms with Crippen molar-refractivity contribution in [3.05, 3.63) is 41.2 Å². The van der Waals surface area contributed by atoms with Gasteiger partial charge in [0.25, 0.3) is 0 Å². The van der Waals surface area contributed by atoms with Crippen molar-refractivity contribution >= 4 is 17.3 Å². The van der Waals surface area contributed by atoms with Gasteiger partial charge < -0.3 is 19.4 Å². The van der Waals surface area contributed by atoms with Crippen LogP contribution in [0.4, 0.5) is 5.69 Å². The van der Waals surface area contributed by atoms with Gasteiger partial charge in [-0.1, -0.05) is 18.5 Å². The van der Waals surface area contributed by atoms with Gasteiger partial charge in [-0.3, -0.25) is 0 Å². The van der Waals surface area contributed by atoms with Crippen LogP contribution in [-0.4, -0.2) is 11.4 Å².